The normalized spacial score (nSPS) is 11.5. The zero-order chi connectivity index (χ0) is 15.8. The summed E-state index contributed by atoms with van der Waals surface area (Å²) in [5.41, 5.74) is 1.89. The van der Waals surface area contributed by atoms with Crippen molar-refractivity contribution in [2.75, 3.05) is 0 Å². The summed E-state index contributed by atoms with van der Waals surface area (Å²) < 4.78 is 4.90. The molecule has 0 saturated carbocycles. The van der Waals surface area contributed by atoms with Crippen LogP contribution in [0.25, 0.3) is 0 Å². The van der Waals surface area contributed by atoms with E-state index in [1.54, 1.807) is 6.92 Å². The van der Waals surface area contributed by atoms with Crippen LogP contribution in [0.3, 0.4) is 0 Å². The standard InChI is InChI=1S/C15H22N2O4/c1-4-5-6-7-8-13(19)17-16-11(3)14-12(18)9-10(2)21-15(14)20/h9,18H,4-8H2,1-3H3,(H,17,19). The molecule has 21 heavy (non-hydrogen) atoms. The van der Waals surface area contributed by atoms with Gasteiger partial charge in [0.15, 0.2) is 0 Å². The zero-order valence-electron chi connectivity index (χ0n) is 12.7. The predicted octanol–water partition coefficient (Wildman–Crippen LogP) is 2.46. The molecule has 0 spiro atoms. The number of unbranched alkanes of at least 4 members (excludes halogenated alkanes) is 3. The topological polar surface area (TPSA) is 91.9 Å². The molecule has 1 rings (SSSR count). The van der Waals surface area contributed by atoms with Crippen molar-refractivity contribution in [1.82, 2.24) is 5.43 Å². The highest BCUT2D eigenvalue weighted by atomic mass is 16.4. The molecular weight excluding hydrogens is 272 g/mol. The third-order valence-corrected chi connectivity index (χ3v) is 3.02. The van der Waals surface area contributed by atoms with Crippen LogP contribution in [0, 0.1) is 6.92 Å². The van der Waals surface area contributed by atoms with Crippen molar-refractivity contribution in [2.45, 2.75) is 52.9 Å². The van der Waals surface area contributed by atoms with Gasteiger partial charge in [-0.1, -0.05) is 26.2 Å². The van der Waals surface area contributed by atoms with E-state index in [1.807, 2.05) is 0 Å². The summed E-state index contributed by atoms with van der Waals surface area (Å²) >= 11 is 0. The Labute approximate surface area is 123 Å². The van der Waals surface area contributed by atoms with Gasteiger partial charge in [0.25, 0.3) is 0 Å². The van der Waals surface area contributed by atoms with E-state index < -0.39 is 5.63 Å². The number of rotatable bonds is 7. The van der Waals surface area contributed by atoms with E-state index in [2.05, 4.69) is 17.5 Å². The molecule has 2 N–H and O–H groups in total. The molecule has 0 aliphatic rings. The van der Waals surface area contributed by atoms with Gasteiger partial charge in [0.05, 0.1) is 5.71 Å². The molecule has 1 amide bonds. The second-order valence-electron chi connectivity index (χ2n) is 4.95. The minimum Gasteiger partial charge on any atom is -0.507 e. The number of nitrogens with zero attached hydrogens (tertiary/aromatic N) is 1. The monoisotopic (exact) mass is 294 g/mol. The summed E-state index contributed by atoms with van der Waals surface area (Å²) in [6.45, 7) is 5.20. The Bertz CT molecular complexity index is 576. The fraction of sp³-hybridized carbons (Fsp3) is 0.533. The number of aromatic hydroxyl groups is 1. The van der Waals surface area contributed by atoms with Crippen LogP contribution in [-0.4, -0.2) is 16.7 Å². The van der Waals surface area contributed by atoms with E-state index in [4.69, 9.17) is 4.42 Å². The van der Waals surface area contributed by atoms with Crippen LogP contribution in [0.15, 0.2) is 20.4 Å². The molecule has 1 aromatic rings. The maximum absolute atomic E-state index is 11.7. The maximum Gasteiger partial charge on any atom is 0.348 e. The summed E-state index contributed by atoms with van der Waals surface area (Å²) in [6.07, 6.45) is 4.43. The number of hydrogen-bond donors (Lipinski definition) is 2. The van der Waals surface area contributed by atoms with Crippen molar-refractivity contribution in [3.05, 3.63) is 27.8 Å². The molecule has 0 radical (unpaired) electrons. The minimum absolute atomic E-state index is 0.0353. The molecule has 0 fully saturated rings. The molecular formula is C15H22N2O4. The number of amides is 1. The Kier molecular flexibility index (Phi) is 6.65. The average molecular weight is 294 g/mol. The van der Waals surface area contributed by atoms with Crippen molar-refractivity contribution in [3.8, 4) is 5.75 Å². The molecule has 6 heteroatoms. The van der Waals surface area contributed by atoms with Crippen LogP contribution in [0.2, 0.25) is 0 Å². The molecule has 116 valence electrons. The van der Waals surface area contributed by atoms with Gasteiger partial charge in [-0.2, -0.15) is 5.10 Å². The number of carbonyl (C=O) groups excluding carboxylic acids is 1. The molecule has 0 saturated heterocycles. The number of nitrogens with one attached hydrogen (secondary N) is 1. The average Bonchev–Trinajstić information content (AvgIpc) is 2.40. The fourth-order valence-corrected chi connectivity index (χ4v) is 1.90. The van der Waals surface area contributed by atoms with Crippen LogP contribution in [0.4, 0.5) is 0 Å². The van der Waals surface area contributed by atoms with Crippen LogP contribution in [-0.2, 0) is 4.79 Å². The molecule has 1 heterocycles. The van der Waals surface area contributed by atoms with Crippen LogP contribution < -0.4 is 11.1 Å². The van der Waals surface area contributed by atoms with Crippen molar-refractivity contribution < 1.29 is 14.3 Å². The highest BCUT2D eigenvalue weighted by Crippen LogP contribution is 2.15. The van der Waals surface area contributed by atoms with Gasteiger partial charge in [0.2, 0.25) is 5.91 Å². The largest absolute Gasteiger partial charge is 0.507 e. The first-order chi connectivity index (χ1) is 9.95. The smallest absolute Gasteiger partial charge is 0.348 e. The van der Waals surface area contributed by atoms with E-state index in [1.165, 1.54) is 13.0 Å². The van der Waals surface area contributed by atoms with Crippen LogP contribution >= 0.6 is 0 Å². The lowest BCUT2D eigenvalue weighted by Crippen LogP contribution is -2.21. The quantitative estimate of drug-likeness (QED) is 0.459. The van der Waals surface area contributed by atoms with Crippen molar-refractivity contribution in [2.24, 2.45) is 5.10 Å². The third kappa shape index (κ3) is 5.41. The summed E-state index contributed by atoms with van der Waals surface area (Å²) in [5.74, 6) is -0.0994. The van der Waals surface area contributed by atoms with Gasteiger partial charge in [0, 0.05) is 12.5 Å². The molecule has 0 aliphatic carbocycles. The van der Waals surface area contributed by atoms with Crippen molar-refractivity contribution >= 4 is 11.6 Å². The van der Waals surface area contributed by atoms with Gasteiger partial charge in [-0.3, -0.25) is 4.79 Å². The minimum atomic E-state index is -0.675. The van der Waals surface area contributed by atoms with Gasteiger partial charge < -0.3 is 9.52 Å². The molecule has 0 unspecified atom stereocenters. The summed E-state index contributed by atoms with van der Waals surface area (Å²) in [7, 11) is 0. The van der Waals surface area contributed by atoms with E-state index in [-0.39, 0.29) is 22.9 Å². The Morgan fingerprint density at radius 1 is 1.38 bits per heavy atom. The number of aryl methyl sites for hydroxylation is 1. The van der Waals surface area contributed by atoms with Gasteiger partial charge in [0.1, 0.15) is 17.1 Å². The molecule has 1 aromatic heterocycles. The first-order valence-electron chi connectivity index (χ1n) is 7.13. The van der Waals surface area contributed by atoms with Crippen molar-refractivity contribution in [3.63, 3.8) is 0 Å². The lowest BCUT2D eigenvalue weighted by molar-refractivity contribution is -0.121. The Balaban J connectivity index is 2.65. The zero-order valence-corrected chi connectivity index (χ0v) is 12.7. The van der Waals surface area contributed by atoms with Crippen LogP contribution in [0.1, 0.15) is 57.3 Å². The Morgan fingerprint density at radius 3 is 2.71 bits per heavy atom. The van der Waals surface area contributed by atoms with E-state index in [9.17, 15) is 14.7 Å². The first-order valence-corrected chi connectivity index (χ1v) is 7.13. The molecule has 6 nitrogen and oxygen atoms in total. The van der Waals surface area contributed by atoms with E-state index in [0.717, 1.165) is 25.7 Å². The van der Waals surface area contributed by atoms with Gasteiger partial charge in [-0.05, 0) is 20.3 Å². The SMILES string of the molecule is CCCCCCC(=O)NN=C(C)c1c(O)cc(C)oc1=O. The fourth-order valence-electron chi connectivity index (χ4n) is 1.90. The second kappa shape index (κ2) is 8.24. The van der Waals surface area contributed by atoms with E-state index in [0.29, 0.717) is 12.2 Å². The summed E-state index contributed by atoms with van der Waals surface area (Å²) in [4.78, 5) is 23.3. The number of carbonyl (C=O) groups is 1. The summed E-state index contributed by atoms with van der Waals surface area (Å²) in [5, 5.41) is 13.6. The van der Waals surface area contributed by atoms with Gasteiger partial charge >= 0.3 is 5.63 Å². The number of hydrazone groups is 1. The third-order valence-electron chi connectivity index (χ3n) is 3.02. The summed E-state index contributed by atoms with van der Waals surface area (Å²) in [6, 6.07) is 1.34. The molecule has 0 atom stereocenters. The molecule has 0 aromatic carbocycles. The van der Waals surface area contributed by atoms with E-state index >= 15 is 0 Å². The Morgan fingerprint density at radius 2 is 2.10 bits per heavy atom. The van der Waals surface area contributed by atoms with Crippen LogP contribution in [0.5, 0.6) is 5.75 Å². The Hall–Kier alpha value is -2.11. The van der Waals surface area contributed by atoms with Crippen molar-refractivity contribution in [1.29, 1.82) is 0 Å². The highest BCUT2D eigenvalue weighted by Gasteiger charge is 2.13. The molecule has 0 aliphatic heterocycles. The number of hydrogen-bond acceptors (Lipinski definition) is 5. The lowest BCUT2D eigenvalue weighted by Gasteiger charge is -2.04. The highest BCUT2D eigenvalue weighted by molar-refractivity contribution is 6.01. The predicted molar refractivity (Wildman–Crippen MR) is 80.5 cm³/mol. The van der Waals surface area contributed by atoms with Gasteiger partial charge in [-0.25, -0.2) is 10.2 Å². The molecule has 0 bridgehead atoms. The second-order valence-corrected chi connectivity index (χ2v) is 4.95. The van der Waals surface area contributed by atoms with Gasteiger partial charge in [-0.15, -0.1) is 0 Å². The lowest BCUT2D eigenvalue weighted by atomic mass is 10.1. The maximum atomic E-state index is 11.7. The first kappa shape index (κ1) is 16.9.